The zero-order valence-electron chi connectivity index (χ0n) is 11.5. The topological polar surface area (TPSA) is 35.5 Å². The molecule has 2 fully saturated rings. The zero-order chi connectivity index (χ0) is 13.3. The lowest BCUT2D eigenvalue weighted by Crippen LogP contribution is -2.42. The van der Waals surface area contributed by atoms with Crippen LogP contribution in [-0.4, -0.2) is 29.9 Å². The van der Waals surface area contributed by atoms with Crippen LogP contribution in [0.25, 0.3) is 0 Å². The Hall–Kier alpha value is -0.480. The minimum Gasteiger partial charge on any atom is -0.466 e. The van der Waals surface area contributed by atoms with Crippen LogP contribution in [0.5, 0.6) is 0 Å². The standard InChI is InChI=1S/C15H22O3S/c1-2-17-14(16)12-5-3-7-13-11(12)6-4-8-15(13)18-9-10-19-15/h7,11-12H,2-6,8-10H2,1H3/t11-,12-,15+/m0/s1. The fourth-order valence-electron chi connectivity index (χ4n) is 3.78. The number of hydrogen-bond acceptors (Lipinski definition) is 4. The molecule has 106 valence electrons. The lowest BCUT2D eigenvalue weighted by molar-refractivity contribution is -0.150. The zero-order valence-corrected chi connectivity index (χ0v) is 12.3. The monoisotopic (exact) mass is 282 g/mol. The van der Waals surface area contributed by atoms with Gasteiger partial charge in [0.15, 0.2) is 0 Å². The summed E-state index contributed by atoms with van der Waals surface area (Å²) in [5, 5.41) is 0. The molecule has 2 aliphatic carbocycles. The first-order valence-corrected chi connectivity index (χ1v) is 8.40. The summed E-state index contributed by atoms with van der Waals surface area (Å²) in [4.78, 5) is 12.1. The second kappa shape index (κ2) is 5.49. The van der Waals surface area contributed by atoms with Gasteiger partial charge in [0.1, 0.15) is 4.93 Å². The molecule has 0 unspecified atom stereocenters. The van der Waals surface area contributed by atoms with Gasteiger partial charge in [-0.3, -0.25) is 4.79 Å². The van der Waals surface area contributed by atoms with Crippen LogP contribution in [0.1, 0.15) is 39.0 Å². The highest BCUT2D eigenvalue weighted by molar-refractivity contribution is 8.00. The van der Waals surface area contributed by atoms with E-state index in [0.717, 1.165) is 44.5 Å². The Morgan fingerprint density at radius 2 is 2.47 bits per heavy atom. The third-order valence-electron chi connectivity index (χ3n) is 4.53. The van der Waals surface area contributed by atoms with E-state index in [0.29, 0.717) is 12.5 Å². The third kappa shape index (κ3) is 2.33. The molecule has 3 rings (SSSR count). The number of carbonyl (C=O) groups is 1. The highest BCUT2D eigenvalue weighted by Gasteiger charge is 2.49. The molecule has 1 saturated heterocycles. The predicted molar refractivity (Wildman–Crippen MR) is 75.9 cm³/mol. The molecule has 1 spiro atoms. The van der Waals surface area contributed by atoms with E-state index < -0.39 is 0 Å². The Morgan fingerprint density at radius 3 is 3.21 bits per heavy atom. The van der Waals surface area contributed by atoms with Gasteiger partial charge < -0.3 is 9.47 Å². The first-order valence-electron chi connectivity index (χ1n) is 7.42. The van der Waals surface area contributed by atoms with Gasteiger partial charge in [-0.2, -0.15) is 0 Å². The van der Waals surface area contributed by atoms with E-state index in [4.69, 9.17) is 9.47 Å². The maximum absolute atomic E-state index is 12.2. The lowest BCUT2D eigenvalue weighted by atomic mass is 9.69. The second-order valence-electron chi connectivity index (χ2n) is 5.54. The fourth-order valence-corrected chi connectivity index (χ4v) is 5.13. The van der Waals surface area contributed by atoms with Crippen molar-refractivity contribution in [3.8, 4) is 0 Å². The summed E-state index contributed by atoms with van der Waals surface area (Å²) in [5.74, 6) is 1.49. The summed E-state index contributed by atoms with van der Waals surface area (Å²) in [5.41, 5.74) is 1.39. The average molecular weight is 282 g/mol. The summed E-state index contributed by atoms with van der Waals surface area (Å²) >= 11 is 1.94. The van der Waals surface area contributed by atoms with Crippen molar-refractivity contribution in [2.75, 3.05) is 19.0 Å². The lowest BCUT2D eigenvalue weighted by Gasteiger charge is -2.44. The number of ether oxygens (including phenoxy) is 2. The van der Waals surface area contributed by atoms with Crippen LogP contribution < -0.4 is 0 Å². The molecule has 1 heterocycles. The largest absolute Gasteiger partial charge is 0.466 e. The van der Waals surface area contributed by atoms with Crippen molar-refractivity contribution < 1.29 is 14.3 Å². The van der Waals surface area contributed by atoms with Crippen molar-refractivity contribution >= 4 is 17.7 Å². The molecule has 0 aromatic carbocycles. The maximum Gasteiger partial charge on any atom is 0.309 e. The van der Waals surface area contributed by atoms with Gasteiger partial charge in [-0.05, 0) is 50.5 Å². The molecule has 1 aliphatic heterocycles. The van der Waals surface area contributed by atoms with Gasteiger partial charge in [-0.25, -0.2) is 0 Å². The normalized spacial score (nSPS) is 37.8. The van der Waals surface area contributed by atoms with Crippen molar-refractivity contribution in [1.29, 1.82) is 0 Å². The molecule has 3 atom stereocenters. The van der Waals surface area contributed by atoms with E-state index in [-0.39, 0.29) is 16.8 Å². The summed E-state index contributed by atoms with van der Waals surface area (Å²) < 4.78 is 11.3. The first kappa shape index (κ1) is 13.5. The summed E-state index contributed by atoms with van der Waals surface area (Å²) in [7, 11) is 0. The smallest absolute Gasteiger partial charge is 0.309 e. The molecular weight excluding hydrogens is 260 g/mol. The quantitative estimate of drug-likeness (QED) is 0.576. The van der Waals surface area contributed by atoms with Gasteiger partial charge in [0.25, 0.3) is 0 Å². The van der Waals surface area contributed by atoms with Crippen molar-refractivity contribution in [2.45, 2.75) is 44.0 Å². The molecule has 0 N–H and O–H groups in total. The number of carbonyl (C=O) groups excluding carboxylic acids is 1. The van der Waals surface area contributed by atoms with E-state index >= 15 is 0 Å². The van der Waals surface area contributed by atoms with Crippen LogP contribution in [0, 0.1) is 11.8 Å². The molecule has 0 aromatic rings. The molecule has 3 aliphatic rings. The van der Waals surface area contributed by atoms with E-state index in [1.165, 1.54) is 5.57 Å². The minimum atomic E-state index is -0.103. The SMILES string of the molecule is CCOC(=O)[C@H]1CCC=C2[C@H]1CCC[C@]21OCCS1. The van der Waals surface area contributed by atoms with E-state index in [1.807, 2.05) is 18.7 Å². The first-order chi connectivity index (χ1) is 9.27. The van der Waals surface area contributed by atoms with Crippen LogP contribution in [-0.2, 0) is 14.3 Å². The predicted octanol–water partition coefficient (Wildman–Crippen LogP) is 3.15. The second-order valence-corrected chi connectivity index (χ2v) is 6.90. The van der Waals surface area contributed by atoms with Crippen LogP contribution >= 0.6 is 11.8 Å². The highest BCUT2D eigenvalue weighted by atomic mass is 32.2. The molecule has 0 amide bonds. The molecule has 4 heteroatoms. The fraction of sp³-hybridized carbons (Fsp3) is 0.800. The molecule has 0 aromatic heterocycles. The average Bonchev–Trinajstić information content (AvgIpc) is 2.88. The Morgan fingerprint density at radius 1 is 1.58 bits per heavy atom. The molecule has 1 saturated carbocycles. The van der Waals surface area contributed by atoms with Gasteiger partial charge in [0, 0.05) is 5.75 Å². The Kier molecular flexibility index (Phi) is 3.90. The van der Waals surface area contributed by atoms with Crippen LogP contribution in [0.15, 0.2) is 11.6 Å². The van der Waals surface area contributed by atoms with Gasteiger partial charge >= 0.3 is 5.97 Å². The summed E-state index contributed by atoms with van der Waals surface area (Å²) in [6.07, 6.45) is 7.65. The van der Waals surface area contributed by atoms with Gasteiger partial charge in [0.2, 0.25) is 0 Å². The third-order valence-corrected chi connectivity index (χ3v) is 5.93. The maximum atomic E-state index is 12.2. The number of hydrogen-bond donors (Lipinski definition) is 0. The Bertz CT molecular complexity index is 385. The Balaban J connectivity index is 1.84. The van der Waals surface area contributed by atoms with Gasteiger partial charge in [-0.15, -0.1) is 11.8 Å². The molecule has 3 nitrogen and oxygen atoms in total. The van der Waals surface area contributed by atoms with Crippen molar-refractivity contribution in [3.63, 3.8) is 0 Å². The van der Waals surface area contributed by atoms with Crippen LogP contribution in [0.2, 0.25) is 0 Å². The van der Waals surface area contributed by atoms with E-state index in [1.54, 1.807) is 0 Å². The number of fused-ring (bicyclic) bond motifs is 2. The Labute approximate surface area is 119 Å². The van der Waals surface area contributed by atoms with Crippen molar-refractivity contribution in [3.05, 3.63) is 11.6 Å². The highest BCUT2D eigenvalue weighted by Crippen LogP contribution is 2.54. The molecule has 0 bridgehead atoms. The van der Waals surface area contributed by atoms with Gasteiger partial charge in [-0.1, -0.05) is 6.08 Å². The van der Waals surface area contributed by atoms with Crippen LogP contribution in [0.3, 0.4) is 0 Å². The molecule has 19 heavy (non-hydrogen) atoms. The van der Waals surface area contributed by atoms with E-state index in [9.17, 15) is 4.79 Å². The van der Waals surface area contributed by atoms with Crippen molar-refractivity contribution in [2.24, 2.45) is 11.8 Å². The summed E-state index contributed by atoms with van der Waals surface area (Å²) in [6, 6.07) is 0. The number of allylic oxidation sites excluding steroid dienone is 1. The van der Waals surface area contributed by atoms with E-state index in [2.05, 4.69) is 6.08 Å². The molecule has 0 radical (unpaired) electrons. The number of esters is 1. The number of rotatable bonds is 2. The molecular formula is C15H22O3S. The summed E-state index contributed by atoms with van der Waals surface area (Å²) in [6.45, 7) is 3.21. The van der Waals surface area contributed by atoms with Gasteiger partial charge in [0.05, 0.1) is 19.1 Å². The minimum absolute atomic E-state index is 0.00172. The van der Waals surface area contributed by atoms with Crippen LogP contribution in [0.4, 0.5) is 0 Å². The van der Waals surface area contributed by atoms with Crippen molar-refractivity contribution in [1.82, 2.24) is 0 Å². The number of thioether (sulfide) groups is 1.